The first-order chi connectivity index (χ1) is 10.3. The standard InChI is InChI=1S/C17H20N4/c1-3-21(4-2)17-10-9-16(13-20-17)19-12-15-7-5-14(11-18)6-8-15/h5-10,13,19H,3-4,12H2,1-2H3. The van der Waals surface area contributed by atoms with Gasteiger partial charge in [0.1, 0.15) is 5.82 Å². The fourth-order valence-corrected chi connectivity index (χ4v) is 2.13. The maximum atomic E-state index is 8.77. The molecule has 0 aliphatic rings. The molecule has 108 valence electrons. The van der Waals surface area contributed by atoms with Crippen molar-refractivity contribution in [2.75, 3.05) is 23.3 Å². The first-order valence-electron chi connectivity index (χ1n) is 7.20. The van der Waals surface area contributed by atoms with Gasteiger partial charge in [0, 0.05) is 19.6 Å². The van der Waals surface area contributed by atoms with E-state index in [2.05, 4.69) is 35.1 Å². The third-order valence-electron chi connectivity index (χ3n) is 3.41. The van der Waals surface area contributed by atoms with Crippen LogP contribution in [0.4, 0.5) is 11.5 Å². The lowest BCUT2D eigenvalue weighted by molar-refractivity contribution is 0.846. The van der Waals surface area contributed by atoms with Gasteiger partial charge in [-0.1, -0.05) is 12.1 Å². The molecule has 4 heteroatoms. The molecular weight excluding hydrogens is 260 g/mol. The molecule has 4 nitrogen and oxygen atoms in total. The van der Waals surface area contributed by atoms with Crippen molar-refractivity contribution >= 4 is 11.5 Å². The number of hydrogen-bond donors (Lipinski definition) is 1. The lowest BCUT2D eigenvalue weighted by atomic mass is 10.1. The molecule has 1 aromatic heterocycles. The van der Waals surface area contributed by atoms with Gasteiger partial charge in [0.15, 0.2) is 0 Å². The molecule has 0 saturated heterocycles. The van der Waals surface area contributed by atoms with Gasteiger partial charge in [0.2, 0.25) is 0 Å². The van der Waals surface area contributed by atoms with E-state index in [-0.39, 0.29) is 0 Å². The van der Waals surface area contributed by atoms with Crippen molar-refractivity contribution in [3.8, 4) is 6.07 Å². The van der Waals surface area contributed by atoms with Crippen molar-refractivity contribution in [2.24, 2.45) is 0 Å². The maximum Gasteiger partial charge on any atom is 0.128 e. The molecule has 0 bridgehead atoms. The second kappa shape index (κ2) is 7.30. The zero-order valence-corrected chi connectivity index (χ0v) is 12.5. The quantitative estimate of drug-likeness (QED) is 0.881. The van der Waals surface area contributed by atoms with Gasteiger partial charge in [0.25, 0.3) is 0 Å². The van der Waals surface area contributed by atoms with Crippen molar-refractivity contribution in [3.63, 3.8) is 0 Å². The number of benzene rings is 1. The number of rotatable bonds is 6. The maximum absolute atomic E-state index is 8.77. The summed E-state index contributed by atoms with van der Waals surface area (Å²) in [7, 11) is 0. The first kappa shape index (κ1) is 14.9. The second-order valence-electron chi connectivity index (χ2n) is 4.74. The monoisotopic (exact) mass is 280 g/mol. The Morgan fingerprint density at radius 3 is 2.33 bits per heavy atom. The highest BCUT2D eigenvalue weighted by molar-refractivity contribution is 5.49. The topological polar surface area (TPSA) is 52.0 Å². The molecule has 0 aliphatic heterocycles. The molecule has 1 heterocycles. The van der Waals surface area contributed by atoms with Crippen LogP contribution in [0.15, 0.2) is 42.6 Å². The van der Waals surface area contributed by atoms with Crippen LogP contribution in [-0.4, -0.2) is 18.1 Å². The summed E-state index contributed by atoms with van der Waals surface area (Å²) < 4.78 is 0. The molecule has 1 aromatic carbocycles. The van der Waals surface area contributed by atoms with Crippen LogP contribution in [0, 0.1) is 11.3 Å². The minimum absolute atomic E-state index is 0.684. The van der Waals surface area contributed by atoms with E-state index in [1.807, 2.05) is 42.6 Å². The lowest BCUT2D eigenvalue weighted by Gasteiger charge is -2.19. The molecule has 0 fully saturated rings. The van der Waals surface area contributed by atoms with Gasteiger partial charge in [-0.15, -0.1) is 0 Å². The molecule has 0 spiro atoms. The average molecular weight is 280 g/mol. The van der Waals surface area contributed by atoms with Crippen LogP contribution >= 0.6 is 0 Å². The number of aromatic nitrogens is 1. The Morgan fingerprint density at radius 2 is 1.81 bits per heavy atom. The molecule has 1 N–H and O–H groups in total. The third-order valence-corrected chi connectivity index (χ3v) is 3.41. The summed E-state index contributed by atoms with van der Waals surface area (Å²) in [6.45, 7) is 6.89. The summed E-state index contributed by atoms with van der Waals surface area (Å²) in [5.74, 6) is 1.00. The Hall–Kier alpha value is -2.54. The Morgan fingerprint density at radius 1 is 1.10 bits per heavy atom. The van der Waals surface area contributed by atoms with Crippen LogP contribution in [0.5, 0.6) is 0 Å². The average Bonchev–Trinajstić information content (AvgIpc) is 2.55. The van der Waals surface area contributed by atoms with E-state index in [4.69, 9.17) is 5.26 Å². The molecule has 2 rings (SSSR count). The molecule has 0 amide bonds. The zero-order valence-electron chi connectivity index (χ0n) is 12.5. The van der Waals surface area contributed by atoms with Crippen molar-refractivity contribution in [3.05, 3.63) is 53.7 Å². The number of nitriles is 1. The van der Waals surface area contributed by atoms with Crippen molar-refractivity contribution in [1.29, 1.82) is 5.26 Å². The van der Waals surface area contributed by atoms with E-state index in [0.29, 0.717) is 5.56 Å². The second-order valence-corrected chi connectivity index (χ2v) is 4.74. The Balaban J connectivity index is 1.95. The van der Waals surface area contributed by atoms with Gasteiger partial charge in [0.05, 0.1) is 23.5 Å². The molecule has 21 heavy (non-hydrogen) atoms. The summed E-state index contributed by atoms with van der Waals surface area (Å²) >= 11 is 0. The number of nitrogens with zero attached hydrogens (tertiary/aromatic N) is 3. The fraction of sp³-hybridized carbons (Fsp3) is 0.294. The molecular formula is C17H20N4. The molecule has 0 atom stereocenters. The highest BCUT2D eigenvalue weighted by Crippen LogP contribution is 2.14. The van der Waals surface area contributed by atoms with Gasteiger partial charge in [-0.05, 0) is 43.7 Å². The van der Waals surface area contributed by atoms with Gasteiger partial charge >= 0.3 is 0 Å². The zero-order chi connectivity index (χ0) is 15.1. The number of pyridine rings is 1. The van der Waals surface area contributed by atoms with Gasteiger partial charge in [-0.25, -0.2) is 4.98 Å². The van der Waals surface area contributed by atoms with Crippen LogP contribution in [0.25, 0.3) is 0 Å². The Kier molecular flexibility index (Phi) is 5.16. The van der Waals surface area contributed by atoms with Crippen LogP contribution < -0.4 is 10.2 Å². The summed E-state index contributed by atoms with van der Waals surface area (Å²) in [6.07, 6.45) is 1.86. The molecule has 0 saturated carbocycles. The van der Waals surface area contributed by atoms with Crippen LogP contribution in [0.2, 0.25) is 0 Å². The summed E-state index contributed by atoms with van der Waals surface area (Å²) in [6, 6.07) is 13.8. The van der Waals surface area contributed by atoms with Gasteiger partial charge in [-0.2, -0.15) is 5.26 Å². The molecule has 0 unspecified atom stereocenters. The first-order valence-corrected chi connectivity index (χ1v) is 7.20. The van der Waals surface area contributed by atoms with Gasteiger partial charge in [-0.3, -0.25) is 0 Å². The number of hydrogen-bond acceptors (Lipinski definition) is 4. The minimum Gasteiger partial charge on any atom is -0.380 e. The molecule has 0 aliphatic carbocycles. The van der Waals surface area contributed by atoms with E-state index in [0.717, 1.165) is 36.7 Å². The summed E-state index contributed by atoms with van der Waals surface area (Å²) in [5.41, 5.74) is 2.82. The third kappa shape index (κ3) is 3.96. The molecule has 2 aromatic rings. The fourth-order valence-electron chi connectivity index (χ4n) is 2.13. The largest absolute Gasteiger partial charge is 0.380 e. The number of nitrogens with one attached hydrogen (secondary N) is 1. The molecule has 0 radical (unpaired) electrons. The SMILES string of the molecule is CCN(CC)c1ccc(NCc2ccc(C#N)cc2)cn1. The summed E-state index contributed by atoms with van der Waals surface area (Å²) in [5, 5.41) is 12.1. The highest BCUT2D eigenvalue weighted by Gasteiger charge is 2.02. The predicted molar refractivity (Wildman–Crippen MR) is 86.3 cm³/mol. The Labute approximate surface area is 126 Å². The van der Waals surface area contributed by atoms with Gasteiger partial charge < -0.3 is 10.2 Å². The van der Waals surface area contributed by atoms with E-state index in [9.17, 15) is 0 Å². The van der Waals surface area contributed by atoms with Crippen LogP contribution in [0.3, 0.4) is 0 Å². The highest BCUT2D eigenvalue weighted by atomic mass is 15.2. The Bertz CT molecular complexity index is 592. The van der Waals surface area contributed by atoms with E-state index in [1.165, 1.54) is 0 Å². The van der Waals surface area contributed by atoms with Crippen LogP contribution in [-0.2, 0) is 6.54 Å². The van der Waals surface area contributed by atoms with E-state index in [1.54, 1.807) is 0 Å². The minimum atomic E-state index is 0.684. The van der Waals surface area contributed by atoms with E-state index >= 15 is 0 Å². The summed E-state index contributed by atoms with van der Waals surface area (Å²) in [4.78, 5) is 6.69. The van der Waals surface area contributed by atoms with E-state index < -0.39 is 0 Å². The normalized spacial score (nSPS) is 9.95. The van der Waals surface area contributed by atoms with Crippen molar-refractivity contribution < 1.29 is 0 Å². The smallest absolute Gasteiger partial charge is 0.128 e. The van der Waals surface area contributed by atoms with Crippen LogP contribution in [0.1, 0.15) is 25.0 Å². The number of anilines is 2. The van der Waals surface area contributed by atoms with Crippen molar-refractivity contribution in [1.82, 2.24) is 4.98 Å². The predicted octanol–water partition coefficient (Wildman–Crippen LogP) is 3.41. The lowest BCUT2D eigenvalue weighted by Crippen LogP contribution is -2.22. The van der Waals surface area contributed by atoms with Crippen molar-refractivity contribution in [2.45, 2.75) is 20.4 Å².